The molecule has 0 aromatic carbocycles. The quantitative estimate of drug-likeness (QED) is 0.556. The molecule has 0 fully saturated rings. The fraction of sp³-hybridized carbons (Fsp3) is 0. The summed E-state index contributed by atoms with van der Waals surface area (Å²) in [5.74, 6) is 0.717. The molecule has 0 N–H and O–H groups in total. The lowest BCUT2D eigenvalue weighted by Gasteiger charge is -2.02. The lowest BCUT2D eigenvalue weighted by atomic mass is 10.7. The van der Waals surface area contributed by atoms with E-state index in [0.29, 0.717) is 11.9 Å². The van der Waals surface area contributed by atoms with Crippen LogP contribution in [-0.4, -0.2) is 26.3 Å². The van der Waals surface area contributed by atoms with Crippen LogP contribution >= 0.6 is 0 Å². The SMILES string of the molecule is C(=N\c1ncccn1)/[N-]c1ncccn1. The molecule has 2 rings (SSSR count). The van der Waals surface area contributed by atoms with Crippen LogP contribution in [0.25, 0.3) is 5.32 Å². The highest BCUT2D eigenvalue weighted by atomic mass is 15.1. The van der Waals surface area contributed by atoms with Gasteiger partial charge in [0.05, 0.1) is 5.95 Å². The van der Waals surface area contributed by atoms with Gasteiger partial charge >= 0.3 is 0 Å². The average Bonchev–Trinajstić information content (AvgIpc) is 2.32. The van der Waals surface area contributed by atoms with Crippen molar-refractivity contribution in [3.63, 3.8) is 0 Å². The van der Waals surface area contributed by atoms with Crippen molar-refractivity contribution >= 4 is 18.2 Å². The van der Waals surface area contributed by atoms with E-state index >= 15 is 0 Å². The van der Waals surface area contributed by atoms with Crippen LogP contribution in [0, 0.1) is 0 Å². The first-order chi connectivity index (χ1) is 7.45. The van der Waals surface area contributed by atoms with Gasteiger partial charge in [0.2, 0.25) is 0 Å². The molecular formula is C9H7N6-. The monoisotopic (exact) mass is 199 g/mol. The molecular weight excluding hydrogens is 192 g/mol. The Morgan fingerprint density at radius 2 is 1.53 bits per heavy atom. The van der Waals surface area contributed by atoms with Crippen molar-refractivity contribution in [3.05, 3.63) is 42.2 Å². The van der Waals surface area contributed by atoms with Crippen molar-refractivity contribution in [2.45, 2.75) is 0 Å². The Morgan fingerprint density at radius 1 is 0.933 bits per heavy atom. The van der Waals surface area contributed by atoms with E-state index in [0.717, 1.165) is 0 Å². The standard InChI is InChI=1S/C9H7N6/c1-3-10-8(11-4-1)14-7-15-9-12-5-2-6-13-9/h1-7H/q-1. The molecule has 0 radical (unpaired) electrons. The van der Waals surface area contributed by atoms with E-state index in [-0.39, 0.29) is 0 Å². The Balaban J connectivity index is 1.97. The number of nitrogens with zero attached hydrogens (tertiary/aromatic N) is 6. The van der Waals surface area contributed by atoms with Crippen molar-refractivity contribution < 1.29 is 0 Å². The molecule has 0 spiro atoms. The minimum Gasteiger partial charge on any atom is -0.330 e. The van der Waals surface area contributed by atoms with Crippen LogP contribution in [0.4, 0.5) is 11.9 Å². The van der Waals surface area contributed by atoms with Crippen molar-refractivity contribution in [2.75, 3.05) is 0 Å². The molecule has 15 heavy (non-hydrogen) atoms. The average molecular weight is 199 g/mol. The molecule has 0 atom stereocenters. The van der Waals surface area contributed by atoms with Gasteiger partial charge in [-0.25, -0.2) is 9.97 Å². The van der Waals surface area contributed by atoms with E-state index in [9.17, 15) is 0 Å². The van der Waals surface area contributed by atoms with Gasteiger partial charge in [0.1, 0.15) is 0 Å². The second-order valence-electron chi connectivity index (χ2n) is 2.47. The highest BCUT2D eigenvalue weighted by molar-refractivity contribution is 5.80. The summed E-state index contributed by atoms with van der Waals surface area (Å²) in [5, 5.41) is 3.91. The Morgan fingerprint density at radius 3 is 2.20 bits per heavy atom. The summed E-state index contributed by atoms with van der Waals surface area (Å²) in [5.41, 5.74) is 0. The number of hydrogen-bond acceptors (Lipinski definition) is 5. The smallest absolute Gasteiger partial charge is 0.194 e. The van der Waals surface area contributed by atoms with Gasteiger partial charge in [-0.1, -0.05) is 0 Å². The molecule has 0 bridgehead atoms. The summed E-state index contributed by atoms with van der Waals surface area (Å²) in [4.78, 5) is 19.5. The van der Waals surface area contributed by atoms with Crippen molar-refractivity contribution in [1.29, 1.82) is 0 Å². The third kappa shape index (κ3) is 2.80. The van der Waals surface area contributed by atoms with Gasteiger partial charge in [-0.15, -0.1) is 0 Å². The number of rotatable bonds is 3. The molecule has 2 aromatic rings. The molecule has 0 unspecified atom stereocenters. The van der Waals surface area contributed by atoms with Crippen LogP contribution in [0.2, 0.25) is 0 Å². The lowest BCUT2D eigenvalue weighted by molar-refractivity contribution is 1.14. The van der Waals surface area contributed by atoms with Crippen LogP contribution < -0.4 is 0 Å². The summed E-state index contributed by atoms with van der Waals surface area (Å²) in [6.45, 7) is 0. The van der Waals surface area contributed by atoms with Gasteiger partial charge in [0.25, 0.3) is 0 Å². The molecule has 2 aromatic heterocycles. The highest BCUT2D eigenvalue weighted by Crippen LogP contribution is 2.07. The number of aromatic nitrogens is 4. The van der Waals surface area contributed by atoms with Crippen molar-refractivity contribution in [3.8, 4) is 0 Å². The summed E-state index contributed by atoms with van der Waals surface area (Å²) >= 11 is 0. The lowest BCUT2D eigenvalue weighted by Crippen LogP contribution is -1.81. The first-order valence-electron chi connectivity index (χ1n) is 4.22. The van der Waals surface area contributed by atoms with E-state index in [1.54, 1.807) is 36.9 Å². The zero-order valence-corrected chi connectivity index (χ0v) is 7.72. The second-order valence-corrected chi connectivity index (χ2v) is 2.47. The minimum absolute atomic E-state index is 0.359. The van der Waals surface area contributed by atoms with Crippen LogP contribution in [0.5, 0.6) is 0 Å². The summed E-state index contributed by atoms with van der Waals surface area (Å²) < 4.78 is 0. The normalized spacial score (nSPS) is 10.4. The topological polar surface area (TPSA) is 78.0 Å². The molecule has 0 saturated carbocycles. The molecule has 2 heterocycles. The van der Waals surface area contributed by atoms with Gasteiger partial charge in [-0.05, 0) is 24.5 Å². The zero-order chi connectivity index (χ0) is 10.3. The maximum Gasteiger partial charge on any atom is 0.194 e. The van der Waals surface area contributed by atoms with E-state index in [1.165, 1.54) is 6.34 Å². The number of aliphatic imine (C=N–C) groups is 1. The Hall–Kier alpha value is -2.37. The number of hydrogen-bond donors (Lipinski definition) is 0. The highest BCUT2D eigenvalue weighted by Gasteiger charge is 1.82. The largest absolute Gasteiger partial charge is 0.330 e. The maximum absolute atomic E-state index is 3.91. The molecule has 0 aliphatic carbocycles. The Labute approximate surface area is 86.2 Å². The van der Waals surface area contributed by atoms with Crippen LogP contribution in [0.1, 0.15) is 0 Å². The van der Waals surface area contributed by atoms with Crippen LogP contribution in [0.15, 0.2) is 41.9 Å². The molecule has 0 aliphatic heterocycles. The molecule has 0 saturated heterocycles. The maximum atomic E-state index is 3.91. The van der Waals surface area contributed by atoms with E-state index in [1.807, 2.05) is 0 Å². The first-order valence-corrected chi connectivity index (χ1v) is 4.22. The third-order valence-electron chi connectivity index (χ3n) is 1.45. The van der Waals surface area contributed by atoms with Gasteiger partial charge in [-0.3, -0.25) is 0 Å². The molecule has 6 nitrogen and oxygen atoms in total. The molecule has 74 valence electrons. The van der Waals surface area contributed by atoms with Gasteiger partial charge in [0, 0.05) is 18.7 Å². The van der Waals surface area contributed by atoms with Crippen molar-refractivity contribution in [2.24, 2.45) is 4.99 Å². The van der Waals surface area contributed by atoms with Crippen LogP contribution in [0.3, 0.4) is 0 Å². The predicted molar refractivity (Wildman–Crippen MR) is 55.2 cm³/mol. The fourth-order valence-corrected chi connectivity index (χ4v) is 0.848. The van der Waals surface area contributed by atoms with E-state index < -0.39 is 0 Å². The molecule has 6 heteroatoms. The van der Waals surface area contributed by atoms with Gasteiger partial charge < -0.3 is 20.3 Å². The van der Waals surface area contributed by atoms with Crippen molar-refractivity contribution in [1.82, 2.24) is 19.9 Å². The summed E-state index contributed by atoms with van der Waals surface area (Å²) in [7, 11) is 0. The molecule has 0 aliphatic rings. The summed E-state index contributed by atoms with van der Waals surface area (Å²) in [6.07, 6.45) is 7.76. The predicted octanol–water partition coefficient (Wildman–Crippen LogP) is 1.63. The Kier molecular flexibility index (Phi) is 2.91. The van der Waals surface area contributed by atoms with E-state index in [4.69, 9.17) is 0 Å². The second kappa shape index (κ2) is 4.75. The Bertz CT molecular complexity index is 427. The van der Waals surface area contributed by atoms with E-state index in [2.05, 4.69) is 30.2 Å². The third-order valence-corrected chi connectivity index (χ3v) is 1.45. The van der Waals surface area contributed by atoms with Crippen LogP contribution in [-0.2, 0) is 0 Å². The minimum atomic E-state index is 0.359. The summed E-state index contributed by atoms with van der Waals surface area (Å²) in [6, 6.07) is 3.44. The first kappa shape index (κ1) is 9.20. The fourth-order valence-electron chi connectivity index (χ4n) is 0.848. The molecule has 0 amide bonds. The zero-order valence-electron chi connectivity index (χ0n) is 7.72. The van der Waals surface area contributed by atoms with Gasteiger partial charge in [-0.2, -0.15) is 0 Å². The van der Waals surface area contributed by atoms with Gasteiger partial charge in [0.15, 0.2) is 5.95 Å².